The normalized spacial score (nSPS) is 47.7. The molecule has 2 aliphatic heterocycles. The van der Waals surface area contributed by atoms with Crippen LogP contribution in [0, 0.1) is 0 Å². The zero-order valence-electron chi connectivity index (χ0n) is 11.9. The predicted octanol–water partition coefficient (Wildman–Crippen LogP) is -2.81. The highest BCUT2D eigenvalue weighted by Gasteiger charge is 2.49. The molecule has 0 aromatic heterocycles. The van der Waals surface area contributed by atoms with Gasteiger partial charge in [-0.1, -0.05) is 0 Å². The van der Waals surface area contributed by atoms with Crippen LogP contribution in [0.3, 0.4) is 0 Å². The molecule has 0 saturated carbocycles. The van der Waals surface area contributed by atoms with Crippen LogP contribution in [0.25, 0.3) is 0 Å². The van der Waals surface area contributed by atoms with E-state index in [-0.39, 0.29) is 13.2 Å². The fraction of sp³-hybridized carbons (Fsp3) is 1.00. The average Bonchev–Trinajstić information content (AvgIpc) is 2.79. The van der Waals surface area contributed by atoms with Gasteiger partial charge in [0.2, 0.25) is 0 Å². The quantitative estimate of drug-likeness (QED) is 0.425. The maximum absolute atomic E-state index is 9.87. The van der Waals surface area contributed by atoms with Crippen molar-refractivity contribution in [3.63, 3.8) is 0 Å². The summed E-state index contributed by atoms with van der Waals surface area (Å²) < 4.78 is 26.3. The third-order valence-electron chi connectivity index (χ3n) is 3.73. The third kappa shape index (κ3) is 3.36. The van der Waals surface area contributed by atoms with Gasteiger partial charge in [0.25, 0.3) is 0 Å². The molecule has 2 rings (SSSR count). The molecule has 9 heteroatoms. The summed E-state index contributed by atoms with van der Waals surface area (Å²) in [5, 5.41) is 38.5. The van der Waals surface area contributed by atoms with E-state index in [1.54, 1.807) is 0 Å². The molecule has 2 saturated heterocycles. The second kappa shape index (κ2) is 7.27. The van der Waals surface area contributed by atoms with Crippen molar-refractivity contribution in [2.45, 2.75) is 49.2 Å². The molecule has 21 heavy (non-hydrogen) atoms. The molecular formula is C12H22O9. The summed E-state index contributed by atoms with van der Waals surface area (Å²) in [6.07, 6.45) is -7.84. The summed E-state index contributed by atoms with van der Waals surface area (Å²) in [4.78, 5) is 0. The molecule has 2 fully saturated rings. The molecule has 4 N–H and O–H groups in total. The highest BCUT2D eigenvalue weighted by molar-refractivity contribution is 4.91. The first-order chi connectivity index (χ1) is 10.0. The Kier molecular flexibility index (Phi) is 5.88. The van der Waals surface area contributed by atoms with E-state index in [0.29, 0.717) is 0 Å². The van der Waals surface area contributed by atoms with Gasteiger partial charge in [0.1, 0.15) is 36.6 Å². The molecule has 0 radical (unpaired) electrons. The Morgan fingerprint density at radius 2 is 1.71 bits per heavy atom. The van der Waals surface area contributed by atoms with E-state index in [9.17, 15) is 20.4 Å². The van der Waals surface area contributed by atoms with E-state index in [1.165, 1.54) is 14.2 Å². The Bertz CT molecular complexity index is 328. The highest BCUT2D eigenvalue weighted by atomic mass is 16.7. The second-order valence-corrected chi connectivity index (χ2v) is 5.01. The molecule has 2 heterocycles. The van der Waals surface area contributed by atoms with Gasteiger partial charge < -0.3 is 44.1 Å². The molecule has 0 spiro atoms. The topological polar surface area (TPSA) is 127 Å². The minimum absolute atomic E-state index is 0.129. The molecule has 0 unspecified atom stereocenters. The summed E-state index contributed by atoms with van der Waals surface area (Å²) in [7, 11) is 2.75. The zero-order chi connectivity index (χ0) is 15.6. The lowest BCUT2D eigenvalue weighted by Gasteiger charge is -2.38. The zero-order valence-corrected chi connectivity index (χ0v) is 11.9. The van der Waals surface area contributed by atoms with Crippen molar-refractivity contribution >= 4 is 0 Å². The maximum atomic E-state index is 9.87. The SMILES string of the molecule is CO[C@@H]1[C@@H](O[C@@H]2OC[C@@H](O)[C@H](O)[C@H]2OC)[C@H](O)O[C@H]1CO. The molecule has 0 aliphatic carbocycles. The van der Waals surface area contributed by atoms with Gasteiger partial charge in [-0.15, -0.1) is 0 Å². The van der Waals surface area contributed by atoms with Crippen LogP contribution in [-0.2, 0) is 23.7 Å². The lowest BCUT2D eigenvalue weighted by molar-refractivity contribution is -0.304. The molecular weight excluding hydrogens is 288 g/mol. The monoisotopic (exact) mass is 310 g/mol. The maximum Gasteiger partial charge on any atom is 0.187 e. The Balaban J connectivity index is 2.05. The summed E-state index contributed by atoms with van der Waals surface area (Å²) >= 11 is 0. The van der Waals surface area contributed by atoms with Crippen LogP contribution in [-0.4, -0.2) is 97.1 Å². The first-order valence-corrected chi connectivity index (χ1v) is 6.66. The molecule has 0 amide bonds. The van der Waals surface area contributed by atoms with E-state index in [0.717, 1.165) is 0 Å². The van der Waals surface area contributed by atoms with E-state index in [1.807, 2.05) is 0 Å². The summed E-state index contributed by atoms with van der Waals surface area (Å²) in [5.74, 6) is 0. The number of hydrogen-bond donors (Lipinski definition) is 4. The summed E-state index contributed by atoms with van der Waals surface area (Å²) in [6.45, 7) is -0.466. The fourth-order valence-electron chi connectivity index (χ4n) is 2.57. The van der Waals surface area contributed by atoms with E-state index in [4.69, 9.17) is 23.7 Å². The van der Waals surface area contributed by atoms with Gasteiger partial charge >= 0.3 is 0 Å². The average molecular weight is 310 g/mol. The Labute approximate surface area is 121 Å². The van der Waals surface area contributed by atoms with Crippen LogP contribution in [0.4, 0.5) is 0 Å². The standard InChI is InChI=1S/C12H22O9/c1-17-8-6(3-13)20-11(16)10(8)21-12-9(18-2)7(15)5(14)4-19-12/h5-16H,3-4H2,1-2H3/t5-,6+,7+,8+,9-,10-,11-,12+/m1/s1. The van der Waals surface area contributed by atoms with Crippen LogP contribution in [0.2, 0.25) is 0 Å². The van der Waals surface area contributed by atoms with E-state index in [2.05, 4.69) is 0 Å². The van der Waals surface area contributed by atoms with Crippen molar-refractivity contribution in [2.75, 3.05) is 27.4 Å². The number of ether oxygens (including phenoxy) is 5. The summed E-state index contributed by atoms with van der Waals surface area (Å²) in [5.41, 5.74) is 0. The lowest BCUT2D eigenvalue weighted by Crippen LogP contribution is -2.56. The van der Waals surface area contributed by atoms with Gasteiger partial charge in [-0.05, 0) is 0 Å². The van der Waals surface area contributed by atoms with Crippen molar-refractivity contribution in [3.05, 3.63) is 0 Å². The van der Waals surface area contributed by atoms with Crippen molar-refractivity contribution < 1.29 is 44.1 Å². The summed E-state index contributed by atoms with van der Waals surface area (Å²) in [6, 6.07) is 0. The molecule has 2 aliphatic rings. The van der Waals surface area contributed by atoms with E-state index >= 15 is 0 Å². The number of hydrogen-bond acceptors (Lipinski definition) is 9. The first kappa shape index (κ1) is 17.0. The third-order valence-corrected chi connectivity index (χ3v) is 3.73. The van der Waals surface area contributed by atoms with Crippen molar-refractivity contribution in [1.82, 2.24) is 0 Å². The van der Waals surface area contributed by atoms with Crippen molar-refractivity contribution in [1.29, 1.82) is 0 Å². The van der Waals surface area contributed by atoms with Crippen molar-refractivity contribution in [3.8, 4) is 0 Å². The minimum Gasteiger partial charge on any atom is -0.394 e. The van der Waals surface area contributed by atoms with Gasteiger partial charge in [0.15, 0.2) is 12.6 Å². The van der Waals surface area contributed by atoms with Crippen LogP contribution < -0.4 is 0 Å². The number of aliphatic hydroxyl groups is 4. The Hall–Kier alpha value is -0.360. The highest BCUT2D eigenvalue weighted by Crippen LogP contribution is 2.29. The van der Waals surface area contributed by atoms with Crippen LogP contribution in [0.15, 0.2) is 0 Å². The van der Waals surface area contributed by atoms with Crippen molar-refractivity contribution in [2.24, 2.45) is 0 Å². The smallest absolute Gasteiger partial charge is 0.187 e. The lowest BCUT2D eigenvalue weighted by atomic mass is 10.0. The van der Waals surface area contributed by atoms with Gasteiger partial charge in [-0.25, -0.2) is 0 Å². The van der Waals surface area contributed by atoms with Crippen LogP contribution in [0.1, 0.15) is 0 Å². The predicted molar refractivity (Wildman–Crippen MR) is 66.2 cm³/mol. The second-order valence-electron chi connectivity index (χ2n) is 5.01. The van der Waals surface area contributed by atoms with Gasteiger partial charge in [-0.2, -0.15) is 0 Å². The van der Waals surface area contributed by atoms with Gasteiger partial charge in [-0.3, -0.25) is 0 Å². The van der Waals surface area contributed by atoms with Crippen LogP contribution >= 0.6 is 0 Å². The first-order valence-electron chi connectivity index (χ1n) is 6.66. The molecule has 9 nitrogen and oxygen atoms in total. The molecule has 124 valence electrons. The molecule has 0 aromatic carbocycles. The molecule has 8 atom stereocenters. The van der Waals surface area contributed by atoms with Gasteiger partial charge in [0, 0.05) is 14.2 Å². The van der Waals surface area contributed by atoms with Gasteiger partial charge in [0.05, 0.1) is 13.2 Å². The molecule has 0 aromatic rings. The Morgan fingerprint density at radius 1 is 1.05 bits per heavy atom. The van der Waals surface area contributed by atoms with Crippen LogP contribution in [0.5, 0.6) is 0 Å². The Morgan fingerprint density at radius 3 is 2.29 bits per heavy atom. The van der Waals surface area contributed by atoms with E-state index < -0.39 is 49.2 Å². The largest absolute Gasteiger partial charge is 0.394 e. The minimum atomic E-state index is -1.31. The number of aliphatic hydroxyl groups excluding tert-OH is 4. The fourth-order valence-corrected chi connectivity index (χ4v) is 2.57. The molecule has 0 bridgehead atoms. The number of rotatable bonds is 5. The number of methoxy groups -OCH3 is 2.